The van der Waals surface area contributed by atoms with Gasteiger partial charge in [0.15, 0.2) is 11.5 Å². The summed E-state index contributed by atoms with van der Waals surface area (Å²) in [5.74, 6) is -0.993. The van der Waals surface area contributed by atoms with Crippen molar-refractivity contribution >= 4 is 0 Å². The fourth-order valence-corrected chi connectivity index (χ4v) is 2.00. The summed E-state index contributed by atoms with van der Waals surface area (Å²) in [6.45, 7) is 0. The zero-order valence-corrected chi connectivity index (χ0v) is 7.73. The van der Waals surface area contributed by atoms with Gasteiger partial charge in [-0.05, 0) is 22.8 Å². The Bertz CT molecular complexity index is 573. The lowest BCUT2D eigenvalue weighted by atomic mass is 9.80. The summed E-state index contributed by atoms with van der Waals surface area (Å²) >= 11 is 0. The second kappa shape index (κ2) is 2.45. The lowest BCUT2D eigenvalue weighted by Crippen LogP contribution is -1.98. The average molecular weight is 200 g/mol. The molecular weight excluding hydrogens is 192 g/mol. The minimum atomic E-state index is -0.455. The molecule has 0 bridgehead atoms. The van der Waals surface area contributed by atoms with Crippen molar-refractivity contribution < 1.29 is 15.3 Å². The van der Waals surface area contributed by atoms with Crippen molar-refractivity contribution in [3.05, 3.63) is 30.3 Å². The van der Waals surface area contributed by atoms with Crippen LogP contribution in [0.4, 0.5) is 0 Å². The fraction of sp³-hybridized carbons (Fsp3) is 0. The highest BCUT2D eigenvalue weighted by molar-refractivity contribution is 6.06. The molecule has 3 nitrogen and oxygen atoms in total. The van der Waals surface area contributed by atoms with Crippen molar-refractivity contribution in [1.82, 2.24) is 0 Å². The third-order valence-corrected chi connectivity index (χ3v) is 2.74. The first-order valence-electron chi connectivity index (χ1n) is 4.58. The summed E-state index contributed by atoms with van der Waals surface area (Å²) in [4.78, 5) is 0. The number of benzene rings is 2. The molecule has 2 aromatic rings. The molecule has 15 heavy (non-hydrogen) atoms. The van der Waals surface area contributed by atoms with E-state index in [4.69, 9.17) is 0 Å². The lowest BCUT2D eigenvalue weighted by Gasteiger charge is -2.25. The van der Waals surface area contributed by atoms with Gasteiger partial charge in [0, 0.05) is 5.56 Å². The van der Waals surface area contributed by atoms with E-state index in [0.717, 1.165) is 16.7 Å². The molecule has 1 aliphatic carbocycles. The van der Waals surface area contributed by atoms with Gasteiger partial charge in [0.1, 0.15) is 0 Å². The quantitative estimate of drug-likeness (QED) is 0.488. The summed E-state index contributed by atoms with van der Waals surface area (Å²) < 4.78 is 0. The van der Waals surface area contributed by atoms with Crippen molar-refractivity contribution in [3.8, 4) is 39.5 Å². The van der Waals surface area contributed by atoms with Gasteiger partial charge in [-0.15, -0.1) is 0 Å². The van der Waals surface area contributed by atoms with Gasteiger partial charge in [0.2, 0.25) is 5.75 Å². The smallest absolute Gasteiger partial charge is 0.200 e. The monoisotopic (exact) mass is 200 g/mol. The molecule has 0 atom stereocenters. The van der Waals surface area contributed by atoms with Crippen LogP contribution >= 0.6 is 0 Å². The Morgan fingerprint density at radius 3 is 2.13 bits per heavy atom. The predicted octanol–water partition coefficient (Wildman–Crippen LogP) is 2.45. The number of hydrogen-bond acceptors (Lipinski definition) is 3. The third-order valence-electron chi connectivity index (χ3n) is 2.74. The van der Waals surface area contributed by atoms with Gasteiger partial charge < -0.3 is 15.3 Å². The van der Waals surface area contributed by atoms with Crippen LogP contribution in [0.5, 0.6) is 17.2 Å². The number of phenols is 3. The van der Waals surface area contributed by atoms with E-state index in [9.17, 15) is 15.3 Å². The van der Waals surface area contributed by atoms with Crippen LogP contribution in [0.2, 0.25) is 0 Å². The maximum atomic E-state index is 9.66. The summed E-state index contributed by atoms with van der Waals surface area (Å²) in [5.41, 5.74) is 3.28. The van der Waals surface area contributed by atoms with Gasteiger partial charge in [-0.1, -0.05) is 24.3 Å². The normalized spacial score (nSPS) is 11.5. The molecule has 0 heterocycles. The lowest BCUT2D eigenvalue weighted by molar-refractivity contribution is 0.369. The first-order valence-corrected chi connectivity index (χ1v) is 4.58. The van der Waals surface area contributed by atoms with Gasteiger partial charge >= 0.3 is 0 Å². The van der Waals surface area contributed by atoms with Gasteiger partial charge in [-0.3, -0.25) is 0 Å². The SMILES string of the molecule is Oc1cc2c(c(O)c1O)-c1ccccc1-2. The summed E-state index contributed by atoms with van der Waals surface area (Å²) in [6.07, 6.45) is 0. The van der Waals surface area contributed by atoms with E-state index in [1.54, 1.807) is 0 Å². The van der Waals surface area contributed by atoms with Crippen LogP contribution in [-0.4, -0.2) is 15.3 Å². The van der Waals surface area contributed by atoms with Crippen LogP contribution in [0.15, 0.2) is 30.3 Å². The second-order valence-electron chi connectivity index (χ2n) is 3.56. The molecule has 1 aliphatic rings. The van der Waals surface area contributed by atoms with E-state index in [1.807, 2.05) is 24.3 Å². The van der Waals surface area contributed by atoms with E-state index in [1.165, 1.54) is 6.07 Å². The minimum Gasteiger partial charge on any atom is -0.504 e. The second-order valence-corrected chi connectivity index (χ2v) is 3.56. The topological polar surface area (TPSA) is 60.7 Å². The Labute approximate surface area is 85.9 Å². The number of aromatic hydroxyl groups is 3. The van der Waals surface area contributed by atoms with Crippen LogP contribution < -0.4 is 0 Å². The molecule has 2 aromatic carbocycles. The number of hydrogen-bond donors (Lipinski definition) is 3. The predicted molar refractivity (Wildman–Crippen MR) is 55.9 cm³/mol. The van der Waals surface area contributed by atoms with Gasteiger partial charge in [-0.25, -0.2) is 0 Å². The van der Waals surface area contributed by atoms with E-state index < -0.39 is 5.75 Å². The first kappa shape index (κ1) is 8.17. The van der Waals surface area contributed by atoms with Gasteiger partial charge in [0.05, 0.1) is 0 Å². The summed E-state index contributed by atoms with van der Waals surface area (Å²) in [5, 5.41) is 28.4. The Hall–Kier alpha value is -2.16. The zero-order valence-electron chi connectivity index (χ0n) is 7.73. The first-order chi connectivity index (χ1) is 7.20. The maximum Gasteiger partial charge on any atom is 0.200 e. The highest BCUT2D eigenvalue weighted by atomic mass is 16.3. The van der Waals surface area contributed by atoms with Crippen molar-refractivity contribution in [2.45, 2.75) is 0 Å². The molecule has 0 aromatic heterocycles. The van der Waals surface area contributed by atoms with E-state index in [-0.39, 0.29) is 11.5 Å². The number of phenolic OH excluding ortho intramolecular Hbond substituents is 3. The summed E-state index contributed by atoms with van der Waals surface area (Å²) in [7, 11) is 0. The van der Waals surface area contributed by atoms with Crippen LogP contribution in [0.3, 0.4) is 0 Å². The van der Waals surface area contributed by atoms with E-state index in [2.05, 4.69) is 0 Å². The molecule has 0 saturated heterocycles. The Balaban J connectivity index is 2.35. The summed E-state index contributed by atoms with van der Waals surface area (Å²) in [6, 6.07) is 9.00. The van der Waals surface area contributed by atoms with Crippen LogP contribution in [-0.2, 0) is 0 Å². The average Bonchev–Trinajstić information content (AvgIpc) is 2.23. The van der Waals surface area contributed by atoms with Crippen molar-refractivity contribution in [3.63, 3.8) is 0 Å². The molecule has 0 aliphatic heterocycles. The van der Waals surface area contributed by atoms with Crippen molar-refractivity contribution in [2.24, 2.45) is 0 Å². The zero-order chi connectivity index (χ0) is 10.6. The minimum absolute atomic E-state index is 0.247. The highest BCUT2D eigenvalue weighted by Gasteiger charge is 2.28. The van der Waals surface area contributed by atoms with Crippen molar-refractivity contribution in [1.29, 1.82) is 0 Å². The molecular formula is C12H8O3. The van der Waals surface area contributed by atoms with Crippen LogP contribution in [0.1, 0.15) is 0 Å². The molecule has 74 valence electrons. The molecule has 0 spiro atoms. The van der Waals surface area contributed by atoms with E-state index >= 15 is 0 Å². The Kier molecular flexibility index (Phi) is 1.33. The van der Waals surface area contributed by atoms with Gasteiger partial charge in [-0.2, -0.15) is 0 Å². The van der Waals surface area contributed by atoms with Crippen LogP contribution in [0.25, 0.3) is 22.3 Å². The largest absolute Gasteiger partial charge is 0.504 e. The molecule has 0 radical (unpaired) electrons. The number of rotatable bonds is 0. The third kappa shape index (κ3) is 0.845. The molecule has 0 saturated carbocycles. The number of fused-ring (bicyclic) bond motifs is 4. The maximum absolute atomic E-state index is 9.66. The Morgan fingerprint density at radius 2 is 1.40 bits per heavy atom. The van der Waals surface area contributed by atoms with Gasteiger partial charge in [0.25, 0.3) is 0 Å². The molecule has 3 N–H and O–H groups in total. The fourth-order valence-electron chi connectivity index (χ4n) is 2.00. The Morgan fingerprint density at radius 1 is 0.733 bits per heavy atom. The molecule has 0 unspecified atom stereocenters. The van der Waals surface area contributed by atoms with Crippen molar-refractivity contribution in [2.75, 3.05) is 0 Å². The molecule has 0 amide bonds. The standard InChI is InChI=1S/C12H8O3/c13-9-5-8-6-3-1-2-4-7(6)10(8)12(15)11(9)14/h1-5,13-15H. The molecule has 3 heteroatoms. The van der Waals surface area contributed by atoms with Crippen LogP contribution in [0, 0.1) is 0 Å². The molecule has 3 rings (SSSR count). The molecule has 0 fully saturated rings. The highest BCUT2D eigenvalue weighted by Crippen LogP contribution is 2.56. The van der Waals surface area contributed by atoms with E-state index in [0.29, 0.717) is 5.56 Å².